The summed E-state index contributed by atoms with van der Waals surface area (Å²) in [5, 5.41) is 11.2. The minimum absolute atomic E-state index is 0.514. The van der Waals surface area contributed by atoms with Gasteiger partial charge in [0.15, 0.2) is 0 Å². The largest absolute Gasteiger partial charge is 0.333 e. The first-order valence-corrected chi connectivity index (χ1v) is 12.8. The molecule has 0 aliphatic rings. The highest BCUT2D eigenvalue weighted by Gasteiger charge is 2.11. The summed E-state index contributed by atoms with van der Waals surface area (Å²) in [7, 11) is 1.50. The van der Waals surface area contributed by atoms with Crippen LogP contribution in [0.3, 0.4) is 0 Å². The van der Waals surface area contributed by atoms with Crippen molar-refractivity contribution in [2.45, 2.75) is 6.92 Å². The minimum atomic E-state index is 0.514. The molecule has 0 saturated heterocycles. The number of nitrogens with zero attached hydrogens (tertiary/aromatic N) is 1. The average molecular weight is 494 g/mol. The number of nitrogens with one attached hydrogen (secondary N) is 1. The molecule has 0 saturated carbocycles. The van der Waals surface area contributed by atoms with E-state index in [1.807, 2.05) is 36.4 Å². The molecule has 0 spiro atoms. The second-order valence-corrected chi connectivity index (χ2v) is 9.10. The highest BCUT2D eigenvalue weighted by Crippen LogP contribution is 2.32. The maximum Gasteiger partial charge on any atom is 0.0615 e. The molecule has 6 aromatic rings. The van der Waals surface area contributed by atoms with Crippen LogP contribution in [0.25, 0.3) is 44.2 Å². The summed E-state index contributed by atoms with van der Waals surface area (Å²) in [6, 6.07) is 44.3. The van der Waals surface area contributed by atoms with E-state index in [1.165, 1.54) is 28.9 Å². The lowest BCUT2D eigenvalue weighted by molar-refractivity contribution is 1.18. The van der Waals surface area contributed by atoms with Gasteiger partial charge in [-0.05, 0) is 72.6 Å². The lowest BCUT2D eigenvalue weighted by Gasteiger charge is -2.10. The van der Waals surface area contributed by atoms with E-state index in [-0.39, 0.29) is 0 Å². The Balaban J connectivity index is 0.00000144. The molecule has 3 N–H and O–H groups in total. The van der Waals surface area contributed by atoms with E-state index >= 15 is 0 Å². The van der Waals surface area contributed by atoms with E-state index in [1.54, 1.807) is 0 Å². The Bertz CT molecular complexity index is 1690. The van der Waals surface area contributed by atoms with Gasteiger partial charge in [-0.2, -0.15) is 0 Å². The Labute approximate surface area is 224 Å². The van der Waals surface area contributed by atoms with E-state index in [4.69, 9.17) is 5.41 Å². The molecule has 0 bridgehead atoms. The molecule has 0 fully saturated rings. The molecular formula is C35H31N3. The third kappa shape index (κ3) is 4.80. The summed E-state index contributed by atoms with van der Waals surface area (Å²) in [4.78, 5) is 0. The molecule has 0 unspecified atom stereocenters. The number of fused-ring (bicyclic) bond motifs is 3. The first kappa shape index (κ1) is 24.9. The second-order valence-electron chi connectivity index (χ2n) is 9.10. The van der Waals surface area contributed by atoms with Crippen LogP contribution in [0.1, 0.15) is 18.1 Å². The van der Waals surface area contributed by atoms with Crippen LogP contribution in [0, 0.1) is 5.41 Å². The monoisotopic (exact) mass is 493 g/mol. The number of para-hydroxylation sites is 2. The SMILES string of the molecule is C/C(=C/C(=N)c1cccc(-c2ccc(-n3c4ccccc4c4ccccc43)cc2)c1)c1ccccc1.CN. The molecule has 38 heavy (non-hydrogen) atoms. The number of hydrogen-bond donors (Lipinski definition) is 2. The van der Waals surface area contributed by atoms with Crippen LogP contribution in [0.2, 0.25) is 0 Å². The van der Waals surface area contributed by atoms with Crippen molar-refractivity contribution in [2.75, 3.05) is 7.05 Å². The van der Waals surface area contributed by atoms with Crippen LogP contribution in [-0.2, 0) is 0 Å². The van der Waals surface area contributed by atoms with Crippen LogP contribution < -0.4 is 5.73 Å². The molecule has 0 atom stereocenters. The second kappa shape index (κ2) is 11.1. The summed E-state index contributed by atoms with van der Waals surface area (Å²) in [5.41, 5.74) is 14.0. The van der Waals surface area contributed by atoms with Gasteiger partial charge in [0.1, 0.15) is 0 Å². The highest BCUT2D eigenvalue weighted by molar-refractivity contribution is 6.11. The van der Waals surface area contributed by atoms with Gasteiger partial charge in [0, 0.05) is 22.0 Å². The number of hydrogen-bond acceptors (Lipinski definition) is 2. The summed E-state index contributed by atoms with van der Waals surface area (Å²) in [5.74, 6) is 0. The van der Waals surface area contributed by atoms with Gasteiger partial charge in [-0.3, -0.25) is 0 Å². The summed E-state index contributed by atoms with van der Waals surface area (Å²) >= 11 is 0. The van der Waals surface area contributed by atoms with Crippen molar-refractivity contribution in [2.24, 2.45) is 5.73 Å². The van der Waals surface area contributed by atoms with Crippen LogP contribution in [-0.4, -0.2) is 17.3 Å². The topological polar surface area (TPSA) is 54.8 Å². The average Bonchev–Trinajstić information content (AvgIpc) is 3.33. The van der Waals surface area contributed by atoms with Gasteiger partial charge < -0.3 is 15.7 Å². The van der Waals surface area contributed by atoms with Crippen LogP contribution in [0.4, 0.5) is 0 Å². The number of nitrogens with two attached hydrogens (primary N) is 1. The zero-order valence-corrected chi connectivity index (χ0v) is 21.7. The van der Waals surface area contributed by atoms with Gasteiger partial charge in [0.05, 0.1) is 16.7 Å². The maximum absolute atomic E-state index is 8.67. The fourth-order valence-electron chi connectivity index (χ4n) is 4.95. The Hall–Kier alpha value is -4.73. The van der Waals surface area contributed by atoms with Crippen LogP contribution in [0.15, 0.2) is 133 Å². The predicted molar refractivity (Wildman–Crippen MR) is 163 cm³/mol. The normalized spacial score (nSPS) is 11.3. The van der Waals surface area contributed by atoms with Gasteiger partial charge in [-0.1, -0.05) is 97.1 Å². The quantitative estimate of drug-likeness (QED) is 0.232. The van der Waals surface area contributed by atoms with E-state index in [0.717, 1.165) is 33.5 Å². The fourth-order valence-corrected chi connectivity index (χ4v) is 4.95. The van der Waals surface area contributed by atoms with E-state index in [0.29, 0.717) is 5.71 Å². The van der Waals surface area contributed by atoms with Crippen molar-refractivity contribution in [3.8, 4) is 16.8 Å². The number of allylic oxidation sites excluding steroid dienone is 2. The van der Waals surface area contributed by atoms with Gasteiger partial charge >= 0.3 is 0 Å². The van der Waals surface area contributed by atoms with E-state index < -0.39 is 0 Å². The smallest absolute Gasteiger partial charge is 0.0615 e. The summed E-state index contributed by atoms with van der Waals surface area (Å²) in [6.45, 7) is 2.06. The van der Waals surface area contributed by atoms with Crippen molar-refractivity contribution < 1.29 is 0 Å². The van der Waals surface area contributed by atoms with Crippen molar-refractivity contribution >= 4 is 33.1 Å². The first-order chi connectivity index (χ1) is 18.7. The van der Waals surface area contributed by atoms with Crippen molar-refractivity contribution in [3.05, 3.63) is 145 Å². The maximum atomic E-state index is 8.67. The number of aromatic nitrogens is 1. The van der Waals surface area contributed by atoms with Gasteiger partial charge in [-0.25, -0.2) is 0 Å². The molecule has 1 aromatic heterocycles. The molecule has 0 radical (unpaired) electrons. The Morgan fingerprint density at radius 3 is 1.79 bits per heavy atom. The third-order valence-electron chi connectivity index (χ3n) is 6.80. The van der Waals surface area contributed by atoms with Gasteiger partial charge in [0.25, 0.3) is 0 Å². The van der Waals surface area contributed by atoms with Gasteiger partial charge in [0.2, 0.25) is 0 Å². The third-order valence-corrected chi connectivity index (χ3v) is 6.80. The minimum Gasteiger partial charge on any atom is -0.333 e. The molecule has 3 nitrogen and oxygen atoms in total. The summed E-state index contributed by atoms with van der Waals surface area (Å²) < 4.78 is 2.33. The lowest BCUT2D eigenvalue weighted by Crippen LogP contribution is -1.97. The molecule has 0 amide bonds. The fraction of sp³-hybridized carbons (Fsp3) is 0.0571. The predicted octanol–water partition coefficient (Wildman–Crippen LogP) is 8.50. The molecular weight excluding hydrogens is 462 g/mol. The number of rotatable bonds is 5. The van der Waals surface area contributed by atoms with Crippen molar-refractivity contribution in [1.29, 1.82) is 5.41 Å². The zero-order chi connectivity index (χ0) is 26.5. The van der Waals surface area contributed by atoms with Crippen molar-refractivity contribution in [3.63, 3.8) is 0 Å². The molecule has 5 aromatic carbocycles. The Morgan fingerprint density at radius 2 is 1.16 bits per heavy atom. The highest BCUT2D eigenvalue weighted by atomic mass is 15.0. The molecule has 1 heterocycles. The molecule has 0 aliphatic carbocycles. The zero-order valence-electron chi connectivity index (χ0n) is 21.7. The number of benzene rings is 5. The Morgan fingerprint density at radius 1 is 0.605 bits per heavy atom. The standard InChI is InChI=1S/C34H26N2.CH5N/c1-24(25-10-3-2-4-11-25)22-32(35)28-13-9-12-27(23-28)26-18-20-29(21-19-26)36-33-16-7-5-14-30(33)31-15-6-8-17-34(31)36;1-2/h2-23,35H,1H3;2H2,1H3/b24-22-,35-32?;. The van der Waals surface area contributed by atoms with Crippen LogP contribution >= 0.6 is 0 Å². The van der Waals surface area contributed by atoms with Gasteiger partial charge in [-0.15, -0.1) is 0 Å². The van der Waals surface area contributed by atoms with Crippen LogP contribution in [0.5, 0.6) is 0 Å². The van der Waals surface area contributed by atoms with Crippen molar-refractivity contribution in [1.82, 2.24) is 4.57 Å². The molecule has 186 valence electrons. The Kier molecular flexibility index (Phi) is 7.30. The molecule has 6 rings (SSSR count). The van der Waals surface area contributed by atoms with E-state index in [9.17, 15) is 0 Å². The summed E-state index contributed by atoms with van der Waals surface area (Å²) in [6.07, 6.45) is 1.94. The molecule has 0 aliphatic heterocycles. The molecule has 3 heteroatoms. The lowest BCUT2D eigenvalue weighted by atomic mass is 9.98. The van der Waals surface area contributed by atoms with E-state index in [2.05, 4.69) is 114 Å². The first-order valence-electron chi connectivity index (χ1n) is 12.8.